The highest BCUT2D eigenvalue weighted by molar-refractivity contribution is 7.90. The van der Waals surface area contributed by atoms with Crippen LogP contribution in [-0.4, -0.2) is 83.1 Å². The number of hydrogen-bond acceptors (Lipinski definition) is 5. The van der Waals surface area contributed by atoms with Gasteiger partial charge in [0.05, 0.1) is 25.5 Å². The van der Waals surface area contributed by atoms with Gasteiger partial charge in [-0.3, -0.25) is 9.79 Å². The summed E-state index contributed by atoms with van der Waals surface area (Å²) in [5, 5.41) is 5.94. The van der Waals surface area contributed by atoms with Crippen LogP contribution >= 0.6 is 0 Å². The first-order valence-electron chi connectivity index (χ1n) is 7.43. The summed E-state index contributed by atoms with van der Waals surface area (Å²) in [7, 11) is 0.400. The molecule has 0 aliphatic rings. The molecule has 0 aromatic heterocycles. The number of carbonyl (C=O) groups excluding carboxylic acids is 1. The van der Waals surface area contributed by atoms with Crippen molar-refractivity contribution in [1.82, 2.24) is 15.5 Å². The molecule has 0 aromatic rings. The lowest BCUT2D eigenvalue weighted by Gasteiger charge is -2.25. The summed E-state index contributed by atoms with van der Waals surface area (Å²) in [6, 6.07) is 0. The van der Waals surface area contributed by atoms with Crippen LogP contribution in [0.2, 0.25) is 0 Å². The Balaban J connectivity index is 4.08. The summed E-state index contributed by atoms with van der Waals surface area (Å²) in [6.07, 6.45) is 1.17. The maximum Gasteiger partial charge on any atom is 0.240 e. The number of guanidine groups is 1. The van der Waals surface area contributed by atoms with Gasteiger partial charge in [-0.1, -0.05) is 0 Å². The van der Waals surface area contributed by atoms with Crippen molar-refractivity contribution in [3.8, 4) is 0 Å². The van der Waals surface area contributed by atoms with Crippen molar-refractivity contribution in [2.24, 2.45) is 4.99 Å². The number of rotatable bonds is 8. The van der Waals surface area contributed by atoms with E-state index in [1.54, 1.807) is 19.0 Å². The number of hydrogen-bond donors (Lipinski definition) is 2. The van der Waals surface area contributed by atoms with Crippen molar-refractivity contribution in [3.05, 3.63) is 0 Å². The number of sulfone groups is 1. The molecule has 136 valence electrons. The van der Waals surface area contributed by atoms with Crippen LogP contribution in [0, 0.1) is 0 Å². The van der Waals surface area contributed by atoms with Gasteiger partial charge in [-0.05, 0) is 20.8 Å². The summed E-state index contributed by atoms with van der Waals surface area (Å²) in [5.74, 6) is 0.488. The number of ether oxygens (including phenoxy) is 1. The molecule has 23 heavy (non-hydrogen) atoms. The van der Waals surface area contributed by atoms with Crippen LogP contribution in [0.5, 0.6) is 0 Å². The minimum absolute atomic E-state index is 0.00853. The van der Waals surface area contributed by atoms with Crippen molar-refractivity contribution in [2.75, 3.05) is 52.4 Å². The van der Waals surface area contributed by atoms with Gasteiger partial charge in [-0.2, -0.15) is 0 Å². The Morgan fingerprint density at radius 1 is 1.26 bits per heavy atom. The number of carbonyl (C=O) groups is 1. The minimum Gasteiger partial charge on any atom is -0.379 e. The van der Waals surface area contributed by atoms with Crippen molar-refractivity contribution in [3.63, 3.8) is 0 Å². The number of likely N-dealkylation sites (N-methyl/N-ethyl adjacent to an activating group) is 1. The molecule has 9 heteroatoms. The molecule has 0 heterocycles. The van der Waals surface area contributed by atoms with E-state index in [1.165, 1.54) is 6.26 Å². The Kier molecular flexibility index (Phi) is 9.14. The summed E-state index contributed by atoms with van der Waals surface area (Å²) in [5.41, 5.74) is -0.275. The normalized spacial score (nSPS) is 12.9. The van der Waals surface area contributed by atoms with Crippen LogP contribution < -0.4 is 10.6 Å². The van der Waals surface area contributed by atoms with Gasteiger partial charge in [-0.25, -0.2) is 8.42 Å². The van der Waals surface area contributed by atoms with Gasteiger partial charge in [0, 0.05) is 32.4 Å². The first kappa shape index (κ1) is 21.6. The number of aliphatic imine (C=N–C) groups is 1. The molecular weight excluding hydrogens is 320 g/mol. The van der Waals surface area contributed by atoms with Gasteiger partial charge in [0.15, 0.2) is 5.96 Å². The van der Waals surface area contributed by atoms with Crippen LogP contribution in [0.25, 0.3) is 0 Å². The predicted molar refractivity (Wildman–Crippen MR) is 92.4 cm³/mol. The zero-order valence-corrected chi connectivity index (χ0v) is 15.8. The summed E-state index contributed by atoms with van der Waals surface area (Å²) < 4.78 is 27.1. The molecule has 0 unspecified atom stereocenters. The van der Waals surface area contributed by atoms with Gasteiger partial charge in [0.1, 0.15) is 9.84 Å². The number of amides is 1. The van der Waals surface area contributed by atoms with E-state index in [0.717, 1.165) is 0 Å². The molecule has 0 aliphatic heterocycles. The third kappa shape index (κ3) is 12.8. The van der Waals surface area contributed by atoms with E-state index >= 15 is 0 Å². The highest BCUT2D eigenvalue weighted by atomic mass is 32.2. The van der Waals surface area contributed by atoms with Crippen LogP contribution in [0.4, 0.5) is 0 Å². The largest absolute Gasteiger partial charge is 0.379 e. The minimum atomic E-state index is -3.00. The standard InChI is InChI=1S/C14H30N4O4S/c1-14(2,3)17-12(19)11-18(5)13(15-4)16-7-8-22-9-10-23(6,20)21/h7-11H2,1-6H3,(H,15,16)(H,17,19). The number of nitrogens with zero attached hydrogens (tertiary/aromatic N) is 2. The van der Waals surface area contributed by atoms with Gasteiger partial charge < -0.3 is 20.3 Å². The molecule has 0 spiro atoms. The van der Waals surface area contributed by atoms with E-state index in [2.05, 4.69) is 15.6 Å². The SMILES string of the molecule is CN=C(NCCOCCS(C)(=O)=O)N(C)CC(=O)NC(C)(C)C. The fourth-order valence-corrected chi connectivity index (χ4v) is 2.10. The van der Waals surface area contributed by atoms with Crippen molar-refractivity contribution in [2.45, 2.75) is 26.3 Å². The van der Waals surface area contributed by atoms with Gasteiger partial charge in [-0.15, -0.1) is 0 Å². The lowest BCUT2D eigenvalue weighted by molar-refractivity contribution is -0.122. The Bertz CT molecular complexity index is 497. The maximum atomic E-state index is 11.9. The first-order chi connectivity index (χ1) is 10.4. The molecule has 0 rings (SSSR count). The molecule has 1 amide bonds. The highest BCUT2D eigenvalue weighted by Crippen LogP contribution is 1.98. The second kappa shape index (κ2) is 9.71. The van der Waals surface area contributed by atoms with Crippen LogP contribution in [-0.2, 0) is 19.4 Å². The van der Waals surface area contributed by atoms with Gasteiger partial charge in [0.2, 0.25) is 5.91 Å². The third-order valence-electron chi connectivity index (χ3n) is 2.60. The fourth-order valence-electron chi connectivity index (χ4n) is 1.68. The first-order valence-corrected chi connectivity index (χ1v) is 9.49. The summed E-state index contributed by atoms with van der Waals surface area (Å²) in [6.45, 7) is 6.95. The fraction of sp³-hybridized carbons (Fsp3) is 0.857. The summed E-state index contributed by atoms with van der Waals surface area (Å²) in [4.78, 5) is 17.7. The molecular formula is C14H30N4O4S. The van der Waals surface area contributed by atoms with Crippen molar-refractivity contribution >= 4 is 21.7 Å². The molecule has 2 N–H and O–H groups in total. The average molecular weight is 350 g/mol. The summed E-state index contributed by atoms with van der Waals surface area (Å²) >= 11 is 0. The van der Waals surface area contributed by atoms with Gasteiger partial charge in [0.25, 0.3) is 0 Å². The molecule has 8 nitrogen and oxygen atoms in total. The Morgan fingerprint density at radius 3 is 2.35 bits per heavy atom. The lowest BCUT2D eigenvalue weighted by atomic mass is 10.1. The average Bonchev–Trinajstić information content (AvgIpc) is 2.33. The second-order valence-corrected chi connectivity index (χ2v) is 8.63. The highest BCUT2D eigenvalue weighted by Gasteiger charge is 2.16. The molecule has 0 atom stereocenters. The zero-order valence-electron chi connectivity index (χ0n) is 15.0. The quantitative estimate of drug-likeness (QED) is 0.347. The van der Waals surface area contributed by atoms with E-state index in [9.17, 15) is 13.2 Å². The van der Waals surface area contributed by atoms with E-state index in [1.807, 2.05) is 20.8 Å². The zero-order chi connectivity index (χ0) is 18.1. The smallest absolute Gasteiger partial charge is 0.240 e. The van der Waals surface area contributed by atoms with Crippen molar-refractivity contribution in [1.29, 1.82) is 0 Å². The molecule has 0 saturated carbocycles. The number of nitrogens with one attached hydrogen (secondary N) is 2. The topological polar surface area (TPSA) is 100 Å². The van der Waals surface area contributed by atoms with Crippen LogP contribution in [0.3, 0.4) is 0 Å². The molecule has 0 aromatic carbocycles. The Morgan fingerprint density at radius 2 is 1.87 bits per heavy atom. The van der Waals surface area contributed by atoms with Gasteiger partial charge >= 0.3 is 0 Å². The van der Waals surface area contributed by atoms with Crippen molar-refractivity contribution < 1.29 is 17.9 Å². The molecule has 0 fully saturated rings. The van der Waals surface area contributed by atoms with Crippen LogP contribution in [0.1, 0.15) is 20.8 Å². The van der Waals surface area contributed by atoms with E-state index in [4.69, 9.17) is 4.74 Å². The Labute approximate surface area is 139 Å². The molecule has 0 aliphatic carbocycles. The van der Waals surface area contributed by atoms with E-state index in [0.29, 0.717) is 19.1 Å². The van der Waals surface area contributed by atoms with Crippen LogP contribution in [0.15, 0.2) is 4.99 Å². The maximum absolute atomic E-state index is 11.9. The molecule has 0 bridgehead atoms. The second-order valence-electron chi connectivity index (χ2n) is 6.37. The lowest BCUT2D eigenvalue weighted by Crippen LogP contribution is -2.49. The Hall–Kier alpha value is -1.35. The third-order valence-corrected chi connectivity index (χ3v) is 3.50. The van der Waals surface area contributed by atoms with E-state index in [-0.39, 0.29) is 30.4 Å². The molecule has 0 radical (unpaired) electrons. The van der Waals surface area contributed by atoms with E-state index < -0.39 is 9.84 Å². The molecule has 0 saturated heterocycles. The monoisotopic (exact) mass is 350 g/mol. The predicted octanol–water partition coefficient (Wildman–Crippen LogP) is -0.530.